The zero-order valence-corrected chi connectivity index (χ0v) is 9.66. The number of sulfonamides is 1. The fraction of sp³-hybridized carbons (Fsp3) is 0.182. The second-order valence-corrected chi connectivity index (χ2v) is 5.06. The zero-order chi connectivity index (χ0) is 11.6. The van der Waals surface area contributed by atoms with Gasteiger partial charge < -0.3 is 0 Å². The summed E-state index contributed by atoms with van der Waals surface area (Å²) in [5.41, 5.74) is 0.682. The Kier molecular flexibility index (Phi) is 2.89. The fourth-order valence-electron chi connectivity index (χ4n) is 1.58. The van der Waals surface area contributed by atoms with E-state index < -0.39 is 10.0 Å². The van der Waals surface area contributed by atoms with E-state index in [-0.39, 0.29) is 4.90 Å². The average molecular weight is 236 g/mol. The van der Waals surface area contributed by atoms with Crippen molar-refractivity contribution in [1.29, 1.82) is 0 Å². The van der Waals surface area contributed by atoms with Crippen molar-refractivity contribution in [2.24, 2.45) is 0 Å². The number of benzene rings is 1. The molecule has 0 atom stereocenters. The quantitative estimate of drug-likeness (QED) is 0.879. The van der Waals surface area contributed by atoms with Crippen LogP contribution in [0.1, 0.15) is 6.92 Å². The van der Waals surface area contributed by atoms with E-state index in [9.17, 15) is 8.42 Å². The van der Waals surface area contributed by atoms with Gasteiger partial charge in [-0.15, -0.1) is 0 Å². The summed E-state index contributed by atoms with van der Waals surface area (Å²) >= 11 is 0. The monoisotopic (exact) mass is 236 g/mol. The lowest BCUT2D eigenvalue weighted by molar-refractivity contribution is 0.585. The van der Waals surface area contributed by atoms with Gasteiger partial charge in [-0.05, 0) is 24.3 Å². The molecule has 1 N–H and O–H groups in total. The summed E-state index contributed by atoms with van der Waals surface area (Å²) < 4.78 is 26.3. The number of nitrogens with one attached hydrogen (secondary N) is 1. The van der Waals surface area contributed by atoms with Gasteiger partial charge in [-0.25, -0.2) is 13.1 Å². The van der Waals surface area contributed by atoms with Crippen molar-refractivity contribution in [1.82, 2.24) is 9.71 Å². The number of pyridine rings is 1. The highest BCUT2D eigenvalue weighted by molar-refractivity contribution is 7.89. The SMILES string of the molecule is CCNS(=O)(=O)c1cccc2ncccc12. The van der Waals surface area contributed by atoms with Gasteiger partial charge in [0.2, 0.25) is 10.0 Å². The highest BCUT2D eigenvalue weighted by atomic mass is 32.2. The Bertz CT molecular complexity index is 603. The fourth-order valence-corrected chi connectivity index (χ4v) is 2.83. The molecule has 16 heavy (non-hydrogen) atoms. The summed E-state index contributed by atoms with van der Waals surface area (Å²) in [5.74, 6) is 0. The Labute approximate surface area is 94.4 Å². The van der Waals surface area contributed by atoms with Crippen LogP contribution >= 0.6 is 0 Å². The molecule has 2 aromatic rings. The Morgan fingerprint density at radius 2 is 2.06 bits per heavy atom. The molecular formula is C11H12N2O2S. The molecule has 0 radical (unpaired) electrons. The first-order chi connectivity index (χ1) is 7.65. The first-order valence-corrected chi connectivity index (χ1v) is 6.47. The first-order valence-electron chi connectivity index (χ1n) is 4.98. The third-order valence-electron chi connectivity index (χ3n) is 2.23. The number of fused-ring (bicyclic) bond motifs is 1. The maximum Gasteiger partial charge on any atom is 0.241 e. The lowest BCUT2D eigenvalue weighted by atomic mass is 10.2. The molecule has 1 aromatic carbocycles. The van der Waals surface area contributed by atoms with Crippen LogP contribution in [-0.2, 0) is 10.0 Å². The number of nitrogens with zero attached hydrogens (tertiary/aromatic N) is 1. The molecule has 0 aliphatic carbocycles. The second kappa shape index (κ2) is 4.19. The molecule has 0 fully saturated rings. The van der Waals surface area contributed by atoms with E-state index in [1.807, 2.05) is 0 Å². The van der Waals surface area contributed by atoms with Crippen molar-refractivity contribution in [2.45, 2.75) is 11.8 Å². The predicted molar refractivity (Wildman–Crippen MR) is 62.6 cm³/mol. The van der Waals surface area contributed by atoms with Gasteiger partial charge in [0.15, 0.2) is 0 Å². The Morgan fingerprint density at radius 1 is 1.25 bits per heavy atom. The molecule has 0 bridgehead atoms. The van der Waals surface area contributed by atoms with E-state index >= 15 is 0 Å². The van der Waals surface area contributed by atoms with E-state index in [1.54, 1.807) is 43.5 Å². The highest BCUT2D eigenvalue weighted by Crippen LogP contribution is 2.20. The van der Waals surface area contributed by atoms with Crippen LogP contribution in [-0.4, -0.2) is 19.9 Å². The summed E-state index contributed by atoms with van der Waals surface area (Å²) in [6.45, 7) is 2.12. The molecule has 0 aliphatic heterocycles. The Balaban J connectivity index is 2.70. The van der Waals surface area contributed by atoms with Crippen LogP contribution in [0.25, 0.3) is 10.9 Å². The van der Waals surface area contributed by atoms with Crippen LogP contribution < -0.4 is 4.72 Å². The van der Waals surface area contributed by atoms with E-state index in [1.165, 1.54) is 0 Å². The Hall–Kier alpha value is -1.46. The molecule has 1 aromatic heterocycles. The summed E-state index contributed by atoms with van der Waals surface area (Å²) in [5, 5.41) is 0.644. The van der Waals surface area contributed by atoms with Crippen molar-refractivity contribution >= 4 is 20.9 Å². The molecule has 0 aliphatic rings. The van der Waals surface area contributed by atoms with Gasteiger partial charge in [-0.2, -0.15) is 0 Å². The molecule has 2 rings (SSSR count). The number of rotatable bonds is 3. The molecule has 4 nitrogen and oxygen atoms in total. The largest absolute Gasteiger partial charge is 0.256 e. The maximum absolute atomic E-state index is 11.9. The van der Waals surface area contributed by atoms with Gasteiger partial charge in [0.05, 0.1) is 10.4 Å². The molecular weight excluding hydrogens is 224 g/mol. The maximum atomic E-state index is 11.9. The summed E-state index contributed by atoms with van der Waals surface area (Å²) in [6, 6.07) is 8.56. The standard InChI is InChI=1S/C11H12N2O2S/c1-2-13-16(14,15)11-7-3-6-10-9(11)5-4-8-12-10/h3-8,13H,2H2,1H3. The van der Waals surface area contributed by atoms with Gasteiger partial charge in [-0.1, -0.05) is 13.0 Å². The summed E-state index contributed by atoms with van der Waals surface area (Å²) in [4.78, 5) is 4.40. The molecule has 1 heterocycles. The lowest BCUT2D eigenvalue weighted by Gasteiger charge is -2.07. The molecule has 0 saturated carbocycles. The Morgan fingerprint density at radius 3 is 2.81 bits per heavy atom. The molecule has 0 saturated heterocycles. The number of aromatic nitrogens is 1. The van der Waals surface area contributed by atoms with Crippen LogP contribution in [0, 0.1) is 0 Å². The summed E-state index contributed by atoms with van der Waals surface area (Å²) in [7, 11) is -3.43. The third-order valence-corrected chi connectivity index (χ3v) is 3.83. The van der Waals surface area contributed by atoms with Crippen molar-refractivity contribution in [3.8, 4) is 0 Å². The highest BCUT2D eigenvalue weighted by Gasteiger charge is 2.15. The number of hydrogen-bond donors (Lipinski definition) is 1. The minimum Gasteiger partial charge on any atom is -0.256 e. The van der Waals surface area contributed by atoms with Crippen LogP contribution in [0.15, 0.2) is 41.4 Å². The van der Waals surface area contributed by atoms with E-state index in [0.29, 0.717) is 17.4 Å². The second-order valence-electron chi connectivity index (χ2n) is 3.33. The van der Waals surface area contributed by atoms with Gasteiger partial charge in [0.25, 0.3) is 0 Å². The van der Waals surface area contributed by atoms with Gasteiger partial charge in [-0.3, -0.25) is 4.98 Å². The molecule has 0 amide bonds. The first kappa shape index (κ1) is 11.0. The van der Waals surface area contributed by atoms with Crippen LogP contribution in [0.5, 0.6) is 0 Å². The minimum atomic E-state index is -3.43. The van der Waals surface area contributed by atoms with Crippen LogP contribution in [0.3, 0.4) is 0 Å². The van der Waals surface area contributed by atoms with E-state index in [2.05, 4.69) is 9.71 Å². The predicted octanol–water partition coefficient (Wildman–Crippen LogP) is 1.53. The van der Waals surface area contributed by atoms with Gasteiger partial charge in [0.1, 0.15) is 0 Å². The van der Waals surface area contributed by atoms with Crippen molar-refractivity contribution in [2.75, 3.05) is 6.54 Å². The third kappa shape index (κ3) is 1.91. The lowest BCUT2D eigenvalue weighted by Crippen LogP contribution is -2.23. The van der Waals surface area contributed by atoms with Crippen LogP contribution in [0.2, 0.25) is 0 Å². The normalized spacial score (nSPS) is 11.8. The molecule has 84 valence electrons. The van der Waals surface area contributed by atoms with E-state index in [4.69, 9.17) is 0 Å². The smallest absolute Gasteiger partial charge is 0.241 e. The molecule has 5 heteroatoms. The van der Waals surface area contributed by atoms with Crippen molar-refractivity contribution in [3.05, 3.63) is 36.5 Å². The van der Waals surface area contributed by atoms with E-state index in [0.717, 1.165) is 0 Å². The topological polar surface area (TPSA) is 59.1 Å². The zero-order valence-electron chi connectivity index (χ0n) is 8.84. The molecule has 0 unspecified atom stereocenters. The minimum absolute atomic E-state index is 0.278. The number of hydrogen-bond acceptors (Lipinski definition) is 3. The summed E-state index contributed by atoms with van der Waals surface area (Å²) in [6.07, 6.45) is 1.64. The van der Waals surface area contributed by atoms with Crippen LogP contribution in [0.4, 0.5) is 0 Å². The van der Waals surface area contributed by atoms with Crippen molar-refractivity contribution in [3.63, 3.8) is 0 Å². The molecule has 0 spiro atoms. The van der Waals surface area contributed by atoms with Gasteiger partial charge in [0, 0.05) is 18.1 Å². The van der Waals surface area contributed by atoms with Gasteiger partial charge >= 0.3 is 0 Å². The van der Waals surface area contributed by atoms with Crippen molar-refractivity contribution < 1.29 is 8.42 Å². The average Bonchev–Trinajstić information content (AvgIpc) is 2.28.